The molecule has 0 unspecified atom stereocenters. The lowest BCUT2D eigenvalue weighted by Crippen LogP contribution is -2.10. The van der Waals surface area contributed by atoms with Crippen LogP contribution < -0.4 is 4.74 Å². The molecule has 0 aromatic heterocycles. The number of ether oxygens (including phenoxy) is 1. The Morgan fingerprint density at radius 2 is 1.93 bits per heavy atom. The van der Waals surface area contributed by atoms with E-state index in [0.29, 0.717) is 6.42 Å². The van der Waals surface area contributed by atoms with Crippen LogP contribution in [0.1, 0.15) is 24.5 Å². The number of carbonyl (C=O) groups excluding carboxylic acids is 1. The molecule has 1 aromatic rings. The maximum absolute atomic E-state index is 11.1. The molecule has 14 heavy (non-hydrogen) atoms. The van der Waals surface area contributed by atoms with E-state index < -0.39 is 0 Å². The predicted octanol–water partition coefficient (Wildman–Crippen LogP) is 2.46. The topological polar surface area (TPSA) is 26.3 Å². The number of benzene rings is 1. The molecule has 75 valence electrons. The molecule has 0 heterocycles. The molecule has 0 bridgehead atoms. The highest BCUT2D eigenvalue weighted by atomic mass is 16.5. The van der Waals surface area contributed by atoms with Gasteiger partial charge in [0.15, 0.2) is 5.78 Å². The summed E-state index contributed by atoms with van der Waals surface area (Å²) in [5.74, 6) is 0.933. The summed E-state index contributed by atoms with van der Waals surface area (Å²) in [7, 11) is 0. The first-order valence-electron chi connectivity index (χ1n) is 4.77. The molecule has 0 aliphatic rings. The number of ketones is 1. The zero-order valence-corrected chi connectivity index (χ0v) is 8.89. The third kappa shape index (κ3) is 2.59. The van der Waals surface area contributed by atoms with Crippen LogP contribution in [0.3, 0.4) is 0 Å². The number of hydrogen-bond acceptors (Lipinski definition) is 2. The smallest absolute Gasteiger partial charge is 0.169 e. The quantitative estimate of drug-likeness (QED) is 0.730. The molecule has 0 spiro atoms. The Labute approximate surface area is 84.9 Å². The SMILES string of the molecule is CCC(=O)COc1c(C)c[c]cc1C. The van der Waals surface area contributed by atoms with Crippen molar-refractivity contribution in [2.75, 3.05) is 6.61 Å². The summed E-state index contributed by atoms with van der Waals surface area (Å²) < 4.78 is 5.45. The van der Waals surface area contributed by atoms with Crippen molar-refractivity contribution < 1.29 is 9.53 Å². The van der Waals surface area contributed by atoms with E-state index in [-0.39, 0.29) is 12.4 Å². The summed E-state index contributed by atoms with van der Waals surface area (Å²) in [6.07, 6.45) is 0.525. The number of aryl methyl sites for hydroxylation is 2. The van der Waals surface area contributed by atoms with Crippen LogP contribution in [0.2, 0.25) is 0 Å². The van der Waals surface area contributed by atoms with Gasteiger partial charge in [-0.2, -0.15) is 0 Å². The lowest BCUT2D eigenvalue weighted by Gasteiger charge is -2.10. The van der Waals surface area contributed by atoms with E-state index in [1.807, 2.05) is 32.9 Å². The summed E-state index contributed by atoms with van der Waals surface area (Å²) in [6, 6.07) is 6.73. The highest BCUT2D eigenvalue weighted by Gasteiger charge is 2.05. The van der Waals surface area contributed by atoms with Crippen LogP contribution >= 0.6 is 0 Å². The molecule has 0 saturated heterocycles. The van der Waals surface area contributed by atoms with E-state index in [2.05, 4.69) is 6.07 Å². The lowest BCUT2D eigenvalue weighted by atomic mass is 10.1. The molecule has 2 heteroatoms. The molecule has 0 aliphatic carbocycles. The van der Waals surface area contributed by atoms with E-state index >= 15 is 0 Å². The molecule has 0 atom stereocenters. The molecule has 1 radical (unpaired) electrons. The zero-order valence-electron chi connectivity index (χ0n) is 8.89. The molecule has 2 nitrogen and oxygen atoms in total. The van der Waals surface area contributed by atoms with Crippen LogP contribution in [0, 0.1) is 19.9 Å². The molecule has 0 fully saturated rings. The van der Waals surface area contributed by atoms with Gasteiger partial charge in [0.1, 0.15) is 12.4 Å². The van der Waals surface area contributed by atoms with Gasteiger partial charge in [0.2, 0.25) is 0 Å². The molecule has 0 N–H and O–H groups in total. The number of hydrogen-bond donors (Lipinski definition) is 0. The maximum Gasteiger partial charge on any atom is 0.169 e. The average Bonchev–Trinajstić information content (AvgIpc) is 2.16. The Bertz CT molecular complexity index is 309. The zero-order chi connectivity index (χ0) is 10.6. The Hall–Kier alpha value is -1.31. The normalized spacial score (nSPS) is 9.93. The highest BCUT2D eigenvalue weighted by Crippen LogP contribution is 2.21. The van der Waals surface area contributed by atoms with Crippen molar-refractivity contribution in [3.63, 3.8) is 0 Å². The van der Waals surface area contributed by atoms with Gasteiger partial charge >= 0.3 is 0 Å². The van der Waals surface area contributed by atoms with Gasteiger partial charge in [0.25, 0.3) is 0 Å². The van der Waals surface area contributed by atoms with Crippen molar-refractivity contribution in [1.29, 1.82) is 0 Å². The van der Waals surface area contributed by atoms with Gasteiger partial charge < -0.3 is 4.74 Å². The molecule has 1 aromatic carbocycles. The second kappa shape index (κ2) is 4.80. The van der Waals surface area contributed by atoms with Crippen LogP contribution in [0.5, 0.6) is 5.75 Å². The van der Waals surface area contributed by atoms with E-state index in [9.17, 15) is 4.79 Å². The Morgan fingerprint density at radius 3 is 2.43 bits per heavy atom. The van der Waals surface area contributed by atoms with Gasteiger partial charge in [-0.1, -0.05) is 6.92 Å². The summed E-state index contributed by atoms with van der Waals surface area (Å²) in [4.78, 5) is 11.1. The predicted molar refractivity (Wildman–Crippen MR) is 55.5 cm³/mol. The van der Waals surface area contributed by atoms with E-state index in [1.165, 1.54) is 0 Å². The molecular formula is C12H15O2. The Morgan fingerprint density at radius 1 is 1.36 bits per heavy atom. The molecule has 0 saturated carbocycles. The number of rotatable bonds is 4. The molecule has 0 aliphatic heterocycles. The first kappa shape index (κ1) is 10.8. The standard InChI is InChI=1S/C12H15O2/c1-4-11(13)8-14-12-9(2)6-5-7-10(12)3/h6-7H,4,8H2,1-3H3. The minimum absolute atomic E-state index is 0.122. The Kier molecular flexibility index (Phi) is 3.69. The van der Waals surface area contributed by atoms with Crippen LogP contribution in [0.4, 0.5) is 0 Å². The van der Waals surface area contributed by atoms with Crippen LogP contribution in [-0.4, -0.2) is 12.4 Å². The summed E-state index contributed by atoms with van der Waals surface area (Å²) in [5, 5.41) is 0. The monoisotopic (exact) mass is 191 g/mol. The first-order valence-corrected chi connectivity index (χ1v) is 4.77. The van der Waals surface area contributed by atoms with Gasteiger partial charge in [-0.3, -0.25) is 4.79 Å². The number of carbonyl (C=O) groups is 1. The third-order valence-electron chi connectivity index (χ3n) is 2.09. The Balaban J connectivity index is 2.71. The van der Waals surface area contributed by atoms with Crippen molar-refractivity contribution in [2.45, 2.75) is 27.2 Å². The van der Waals surface area contributed by atoms with E-state index in [1.54, 1.807) is 0 Å². The average molecular weight is 191 g/mol. The van der Waals surface area contributed by atoms with Crippen molar-refractivity contribution in [1.82, 2.24) is 0 Å². The van der Waals surface area contributed by atoms with Crippen molar-refractivity contribution >= 4 is 5.78 Å². The highest BCUT2D eigenvalue weighted by molar-refractivity contribution is 5.79. The summed E-state index contributed by atoms with van der Waals surface area (Å²) in [5.41, 5.74) is 2.04. The fourth-order valence-electron chi connectivity index (χ4n) is 1.22. The maximum atomic E-state index is 11.1. The molecule has 0 amide bonds. The van der Waals surface area contributed by atoms with E-state index in [0.717, 1.165) is 16.9 Å². The number of Topliss-reactive ketones (excluding diaryl/α,β-unsaturated/α-hetero) is 1. The fraction of sp³-hybridized carbons (Fsp3) is 0.417. The van der Waals surface area contributed by atoms with Gasteiger partial charge in [-0.15, -0.1) is 0 Å². The second-order valence-electron chi connectivity index (χ2n) is 3.33. The van der Waals surface area contributed by atoms with E-state index in [4.69, 9.17) is 4.74 Å². The van der Waals surface area contributed by atoms with Gasteiger partial charge in [0.05, 0.1) is 0 Å². The molecular weight excluding hydrogens is 176 g/mol. The minimum Gasteiger partial charge on any atom is -0.485 e. The van der Waals surface area contributed by atoms with Gasteiger partial charge in [-0.25, -0.2) is 0 Å². The van der Waals surface area contributed by atoms with Crippen LogP contribution in [-0.2, 0) is 4.79 Å². The summed E-state index contributed by atoms with van der Waals surface area (Å²) in [6.45, 7) is 5.91. The van der Waals surface area contributed by atoms with Crippen molar-refractivity contribution in [2.24, 2.45) is 0 Å². The van der Waals surface area contributed by atoms with Gasteiger partial charge in [-0.05, 0) is 43.2 Å². The van der Waals surface area contributed by atoms with Gasteiger partial charge in [0, 0.05) is 6.42 Å². The minimum atomic E-state index is 0.122. The van der Waals surface area contributed by atoms with Crippen molar-refractivity contribution in [3.8, 4) is 5.75 Å². The largest absolute Gasteiger partial charge is 0.485 e. The first-order chi connectivity index (χ1) is 6.65. The third-order valence-corrected chi connectivity index (χ3v) is 2.09. The van der Waals surface area contributed by atoms with Crippen LogP contribution in [0.25, 0.3) is 0 Å². The second-order valence-corrected chi connectivity index (χ2v) is 3.33. The molecule has 1 rings (SSSR count). The van der Waals surface area contributed by atoms with Crippen LogP contribution in [0.15, 0.2) is 12.1 Å². The fourth-order valence-corrected chi connectivity index (χ4v) is 1.22. The van der Waals surface area contributed by atoms with Crippen molar-refractivity contribution in [3.05, 3.63) is 29.3 Å². The summed E-state index contributed by atoms with van der Waals surface area (Å²) >= 11 is 0. The lowest BCUT2D eigenvalue weighted by molar-refractivity contribution is -0.120.